The molecule has 0 atom stereocenters. The van der Waals surface area contributed by atoms with Gasteiger partial charge in [0.05, 0.1) is 0 Å². The normalized spacial score (nSPS) is 11.8. The molecule has 1 rings (SSSR count). The van der Waals surface area contributed by atoms with Crippen molar-refractivity contribution in [2.24, 2.45) is 0 Å². The highest BCUT2D eigenvalue weighted by Crippen LogP contribution is 2.38. The summed E-state index contributed by atoms with van der Waals surface area (Å²) < 4.78 is 50.5. The van der Waals surface area contributed by atoms with E-state index < -0.39 is 22.0 Å². The van der Waals surface area contributed by atoms with E-state index in [2.05, 4.69) is 0 Å². The van der Waals surface area contributed by atoms with Crippen LogP contribution in [0.3, 0.4) is 0 Å². The molecular formula is C7H2BrClF4. The van der Waals surface area contributed by atoms with Crippen molar-refractivity contribution in [3.63, 3.8) is 0 Å². The van der Waals surface area contributed by atoms with Crippen molar-refractivity contribution in [2.45, 2.75) is 4.83 Å². The van der Waals surface area contributed by atoms with Gasteiger partial charge in [0.1, 0.15) is 17.2 Å². The summed E-state index contributed by atoms with van der Waals surface area (Å²) in [7, 11) is 0. The van der Waals surface area contributed by atoms with E-state index in [0.29, 0.717) is 12.1 Å². The van der Waals surface area contributed by atoms with Crippen LogP contribution in [0.25, 0.3) is 0 Å². The van der Waals surface area contributed by atoms with Crippen LogP contribution in [0.5, 0.6) is 0 Å². The summed E-state index contributed by atoms with van der Waals surface area (Å²) in [6.07, 6.45) is 0. The van der Waals surface area contributed by atoms with Crippen LogP contribution < -0.4 is 0 Å². The van der Waals surface area contributed by atoms with Crippen molar-refractivity contribution < 1.29 is 17.6 Å². The Balaban J connectivity index is 3.38. The quantitative estimate of drug-likeness (QED) is 0.536. The molecule has 0 N–H and O–H groups in total. The fourth-order valence-corrected chi connectivity index (χ4v) is 1.38. The van der Waals surface area contributed by atoms with Crippen molar-refractivity contribution in [1.82, 2.24) is 0 Å². The van der Waals surface area contributed by atoms with Gasteiger partial charge < -0.3 is 0 Å². The molecule has 0 saturated heterocycles. The second kappa shape index (κ2) is 3.46. The number of halogens is 6. The number of hydrogen-bond acceptors (Lipinski definition) is 0. The Kier molecular flexibility index (Phi) is 2.87. The zero-order chi connectivity index (χ0) is 10.2. The van der Waals surface area contributed by atoms with Gasteiger partial charge in [-0.05, 0) is 28.1 Å². The summed E-state index contributed by atoms with van der Waals surface area (Å²) in [4.78, 5) is -3.73. The molecule has 0 unspecified atom stereocenters. The van der Waals surface area contributed by atoms with Crippen LogP contribution in [0.4, 0.5) is 17.6 Å². The van der Waals surface area contributed by atoms with Gasteiger partial charge in [-0.3, -0.25) is 0 Å². The highest BCUT2D eigenvalue weighted by Gasteiger charge is 2.34. The molecule has 72 valence electrons. The Bertz CT molecular complexity index is 311. The predicted molar refractivity (Wildman–Crippen MR) is 44.2 cm³/mol. The third-order valence-electron chi connectivity index (χ3n) is 1.29. The minimum atomic E-state index is -3.73. The molecule has 0 aliphatic rings. The highest BCUT2D eigenvalue weighted by atomic mass is 79.9. The van der Waals surface area contributed by atoms with E-state index in [1.165, 1.54) is 0 Å². The molecule has 0 aromatic heterocycles. The first-order valence-corrected chi connectivity index (χ1v) is 4.21. The molecule has 1 aromatic rings. The molecule has 0 fully saturated rings. The van der Waals surface area contributed by atoms with Gasteiger partial charge in [-0.1, -0.05) is 11.6 Å². The third-order valence-corrected chi connectivity index (χ3v) is 1.91. The molecule has 0 aliphatic carbocycles. The van der Waals surface area contributed by atoms with Gasteiger partial charge in [0.25, 0.3) is 0 Å². The van der Waals surface area contributed by atoms with Crippen LogP contribution in [-0.2, 0) is 4.83 Å². The molecule has 0 saturated carbocycles. The molecule has 0 bridgehead atoms. The molecule has 0 heterocycles. The lowest BCUT2D eigenvalue weighted by Gasteiger charge is -2.10. The standard InChI is InChI=1S/C7H2BrClF4/c8-7(12,13)6-4(10)1-3(9)2-5(6)11/h1-2H. The maximum atomic E-state index is 12.8. The van der Waals surface area contributed by atoms with Crippen molar-refractivity contribution in [3.05, 3.63) is 34.4 Å². The number of rotatable bonds is 1. The van der Waals surface area contributed by atoms with Crippen LogP contribution in [0, 0.1) is 11.6 Å². The van der Waals surface area contributed by atoms with E-state index in [-0.39, 0.29) is 5.02 Å². The predicted octanol–water partition coefficient (Wildman–Crippen LogP) is 4.06. The molecule has 6 heteroatoms. The maximum absolute atomic E-state index is 12.8. The van der Waals surface area contributed by atoms with Gasteiger partial charge in [0.15, 0.2) is 0 Å². The summed E-state index contributed by atoms with van der Waals surface area (Å²) >= 11 is 7.09. The fourth-order valence-electron chi connectivity index (χ4n) is 0.813. The topological polar surface area (TPSA) is 0 Å². The lowest BCUT2D eigenvalue weighted by atomic mass is 10.2. The van der Waals surface area contributed by atoms with Gasteiger partial charge in [0, 0.05) is 5.02 Å². The van der Waals surface area contributed by atoms with Crippen molar-refractivity contribution in [3.8, 4) is 0 Å². The highest BCUT2D eigenvalue weighted by molar-refractivity contribution is 9.09. The van der Waals surface area contributed by atoms with Crippen molar-refractivity contribution in [2.75, 3.05) is 0 Å². The summed E-state index contributed by atoms with van der Waals surface area (Å²) in [5, 5.41) is -0.268. The van der Waals surface area contributed by atoms with Crippen molar-refractivity contribution >= 4 is 27.5 Å². The summed E-state index contributed by atoms with van der Waals surface area (Å²) in [6, 6.07) is 1.24. The summed E-state index contributed by atoms with van der Waals surface area (Å²) in [6.45, 7) is 0. The molecule has 0 radical (unpaired) electrons. The number of alkyl halides is 3. The van der Waals surface area contributed by atoms with Gasteiger partial charge in [-0.2, -0.15) is 8.78 Å². The summed E-state index contributed by atoms with van der Waals surface area (Å²) in [5.74, 6) is -2.77. The Labute approximate surface area is 84.6 Å². The van der Waals surface area contributed by atoms with E-state index in [9.17, 15) is 17.6 Å². The smallest absolute Gasteiger partial charge is 0.206 e. The van der Waals surface area contributed by atoms with Crippen LogP contribution in [0.1, 0.15) is 5.56 Å². The maximum Gasteiger partial charge on any atom is 0.332 e. The number of hydrogen-bond donors (Lipinski definition) is 0. The lowest BCUT2D eigenvalue weighted by molar-refractivity contribution is 0.105. The van der Waals surface area contributed by atoms with Crippen LogP contribution in [0.15, 0.2) is 12.1 Å². The van der Waals surface area contributed by atoms with E-state index >= 15 is 0 Å². The van der Waals surface area contributed by atoms with Gasteiger partial charge in [0.2, 0.25) is 0 Å². The van der Waals surface area contributed by atoms with E-state index in [1.54, 1.807) is 0 Å². The van der Waals surface area contributed by atoms with E-state index in [4.69, 9.17) is 11.6 Å². The minimum absolute atomic E-state index is 0.268. The fraction of sp³-hybridized carbons (Fsp3) is 0.143. The third kappa shape index (κ3) is 2.34. The minimum Gasteiger partial charge on any atom is -0.206 e. The second-order valence-corrected chi connectivity index (χ2v) is 3.67. The van der Waals surface area contributed by atoms with E-state index in [0.717, 1.165) is 0 Å². The Morgan fingerprint density at radius 2 is 1.54 bits per heavy atom. The zero-order valence-corrected chi connectivity index (χ0v) is 8.26. The van der Waals surface area contributed by atoms with Crippen LogP contribution in [-0.4, -0.2) is 0 Å². The average molecular weight is 277 g/mol. The van der Waals surface area contributed by atoms with Crippen LogP contribution >= 0.6 is 27.5 Å². The Morgan fingerprint density at radius 3 is 1.85 bits per heavy atom. The molecule has 0 amide bonds. The van der Waals surface area contributed by atoms with Gasteiger partial charge in [-0.15, -0.1) is 0 Å². The Hall–Kier alpha value is -0.290. The Morgan fingerprint density at radius 1 is 1.15 bits per heavy atom. The molecule has 1 aromatic carbocycles. The van der Waals surface area contributed by atoms with Crippen LogP contribution in [0.2, 0.25) is 5.02 Å². The molecular weight excluding hydrogens is 275 g/mol. The first-order chi connectivity index (χ1) is 5.82. The van der Waals surface area contributed by atoms with E-state index in [1.807, 2.05) is 15.9 Å². The molecule has 0 nitrogen and oxygen atoms in total. The van der Waals surface area contributed by atoms with Gasteiger partial charge >= 0.3 is 4.83 Å². The SMILES string of the molecule is Fc1cc(Cl)cc(F)c1C(F)(F)Br. The van der Waals surface area contributed by atoms with Crippen molar-refractivity contribution in [1.29, 1.82) is 0 Å². The zero-order valence-electron chi connectivity index (χ0n) is 5.92. The molecule has 13 heavy (non-hydrogen) atoms. The number of benzene rings is 1. The van der Waals surface area contributed by atoms with Gasteiger partial charge in [-0.25, -0.2) is 8.78 Å². The largest absolute Gasteiger partial charge is 0.332 e. The monoisotopic (exact) mass is 276 g/mol. The average Bonchev–Trinajstić information content (AvgIpc) is 1.78. The second-order valence-electron chi connectivity index (χ2n) is 2.24. The molecule has 0 aliphatic heterocycles. The lowest BCUT2D eigenvalue weighted by Crippen LogP contribution is -2.09. The first kappa shape index (κ1) is 10.8. The molecule has 0 spiro atoms. The summed E-state index contributed by atoms with van der Waals surface area (Å²) in [5.41, 5.74) is -1.34. The first-order valence-electron chi connectivity index (χ1n) is 3.04.